The number of hydrogen-bond donors (Lipinski definition) is 0. The normalized spacial score (nSPS) is 12.3. The fourth-order valence-electron chi connectivity index (χ4n) is 8.76. The maximum atomic E-state index is 2.52. The number of benzene rings is 9. The zero-order chi connectivity index (χ0) is 29.9. The van der Waals surface area contributed by atoms with Crippen LogP contribution in [0.2, 0.25) is 0 Å². The van der Waals surface area contributed by atoms with Crippen LogP contribution >= 0.6 is 0 Å². The minimum atomic E-state index is 1.26. The minimum Gasteiger partial charge on any atom is -0.0622 e. The van der Waals surface area contributed by atoms with E-state index in [-0.39, 0.29) is 0 Å². The van der Waals surface area contributed by atoms with E-state index >= 15 is 0 Å². The van der Waals surface area contributed by atoms with Crippen molar-refractivity contribution >= 4 is 86.2 Å². The maximum Gasteiger partial charge on any atom is -0.000697 e. The second-order valence-electron chi connectivity index (χ2n) is 12.7. The highest BCUT2D eigenvalue weighted by atomic mass is 14.3. The SMILES string of the molecule is c1ccc(-c2c3cc4c5ccccc5c5cccc(c3c(-c3ccccc3)c3c6cc7ccccc7c7cccc(c23)c76)c54)cc1. The van der Waals surface area contributed by atoms with Crippen molar-refractivity contribution in [3.63, 3.8) is 0 Å². The van der Waals surface area contributed by atoms with Gasteiger partial charge in [0.15, 0.2) is 0 Å². The zero-order valence-electron chi connectivity index (χ0n) is 25.0. The number of hydrogen-bond acceptors (Lipinski definition) is 0. The lowest BCUT2D eigenvalue weighted by atomic mass is 9.84. The highest BCUT2D eigenvalue weighted by Gasteiger charge is 2.26. The highest BCUT2D eigenvalue weighted by Crippen LogP contribution is 2.55. The summed E-state index contributed by atoms with van der Waals surface area (Å²) in [4.78, 5) is 0. The molecule has 0 radical (unpaired) electrons. The van der Waals surface area contributed by atoms with E-state index in [1.54, 1.807) is 0 Å². The second kappa shape index (κ2) is 8.81. The largest absolute Gasteiger partial charge is 0.0622 e. The van der Waals surface area contributed by atoms with Crippen LogP contribution in [0.25, 0.3) is 108 Å². The Hall–Kier alpha value is -5.98. The van der Waals surface area contributed by atoms with Gasteiger partial charge in [0.1, 0.15) is 0 Å². The Morgan fingerprint density at radius 2 is 0.696 bits per heavy atom. The summed E-state index contributed by atoms with van der Waals surface area (Å²) in [5.74, 6) is 0. The maximum absolute atomic E-state index is 2.52. The summed E-state index contributed by atoms with van der Waals surface area (Å²) in [7, 11) is 0. The molecule has 0 saturated carbocycles. The van der Waals surface area contributed by atoms with Crippen LogP contribution in [0.5, 0.6) is 0 Å². The van der Waals surface area contributed by atoms with Gasteiger partial charge in [0, 0.05) is 0 Å². The Morgan fingerprint density at radius 3 is 1.41 bits per heavy atom. The van der Waals surface area contributed by atoms with Crippen molar-refractivity contribution in [3.8, 4) is 22.3 Å². The average Bonchev–Trinajstić information content (AvgIpc) is 3.62. The molecule has 0 heteroatoms. The Kier molecular flexibility index (Phi) is 4.66. The number of rotatable bonds is 2. The molecule has 0 aromatic heterocycles. The van der Waals surface area contributed by atoms with E-state index in [1.807, 2.05) is 0 Å². The summed E-state index contributed by atoms with van der Waals surface area (Å²) >= 11 is 0. The molecule has 0 unspecified atom stereocenters. The molecule has 0 aliphatic carbocycles. The van der Waals surface area contributed by atoms with Crippen LogP contribution in [0, 0.1) is 0 Å². The van der Waals surface area contributed by atoms with E-state index in [0.717, 1.165) is 0 Å². The molecule has 0 fully saturated rings. The van der Waals surface area contributed by atoms with Gasteiger partial charge in [0.05, 0.1) is 0 Å². The Morgan fingerprint density at radius 1 is 0.217 bits per heavy atom. The fourth-order valence-corrected chi connectivity index (χ4v) is 8.76. The molecule has 0 N–H and O–H groups in total. The van der Waals surface area contributed by atoms with E-state index in [0.29, 0.717) is 0 Å². The molecule has 11 aromatic rings. The smallest absolute Gasteiger partial charge is 0.000697 e. The molecule has 0 amide bonds. The van der Waals surface area contributed by atoms with Gasteiger partial charge < -0.3 is 0 Å². The molecule has 46 heavy (non-hydrogen) atoms. The Bertz CT molecular complexity index is 2980. The summed E-state index contributed by atoms with van der Waals surface area (Å²) in [5, 5.41) is 21.3. The van der Waals surface area contributed by atoms with Crippen LogP contribution in [0.1, 0.15) is 0 Å². The van der Waals surface area contributed by atoms with Gasteiger partial charge >= 0.3 is 0 Å². The van der Waals surface area contributed by atoms with Crippen molar-refractivity contribution in [1.82, 2.24) is 0 Å². The molecule has 0 heterocycles. The van der Waals surface area contributed by atoms with Crippen molar-refractivity contribution in [2.75, 3.05) is 0 Å². The topological polar surface area (TPSA) is 0 Å². The number of fused-ring (bicyclic) bond motifs is 10. The molecule has 0 nitrogen and oxygen atoms in total. The van der Waals surface area contributed by atoms with Gasteiger partial charge in [-0.25, -0.2) is 0 Å². The van der Waals surface area contributed by atoms with Gasteiger partial charge in [-0.2, -0.15) is 0 Å². The average molecular weight is 579 g/mol. The zero-order valence-corrected chi connectivity index (χ0v) is 25.0. The van der Waals surface area contributed by atoms with Crippen LogP contribution < -0.4 is 0 Å². The predicted molar refractivity (Wildman–Crippen MR) is 200 cm³/mol. The van der Waals surface area contributed by atoms with Gasteiger partial charge in [-0.15, -0.1) is 0 Å². The van der Waals surface area contributed by atoms with E-state index in [4.69, 9.17) is 0 Å². The molecule has 11 aromatic carbocycles. The third-order valence-corrected chi connectivity index (χ3v) is 10.5. The highest BCUT2D eigenvalue weighted by molar-refractivity contribution is 6.46. The molecule has 0 atom stereocenters. The molecule has 0 saturated heterocycles. The lowest BCUT2D eigenvalue weighted by molar-refractivity contribution is 1.68. The van der Waals surface area contributed by atoms with E-state index in [1.165, 1.54) is 108 Å². The lowest BCUT2D eigenvalue weighted by Gasteiger charge is -2.19. The van der Waals surface area contributed by atoms with E-state index < -0.39 is 0 Å². The van der Waals surface area contributed by atoms with Gasteiger partial charge in [-0.3, -0.25) is 0 Å². The summed E-state index contributed by atoms with van der Waals surface area (Å²) in [6.45, 7) is 0. The summed E-state index contributed by atoms with van der Waals surface area (Å²) in [6.07, 6.45) is 0. The first-order valence-electron chi connectivity index (χ1n) is 16.1. The molecular formula is C46H26. The van der Waals surface area contributed by atoms with Crippen molar-refractivity contribution in [2.45, 2.75) is 0 Å². The van der Waals surface area contributed by atoms with Gasteiger partial charge in [-0.1, -0.05) is 146 Å². The lowest BCUT2D eigenvalue weighted by Crippen LogP contribution is -1.91. The van der Waals surface area contributed by atoms with Gasteiger partial charge in [0.25, 0.3) is 0 Å². The monoisotopic (exact) mass is 578 g/mol. The molecule has 0 aliphatic rings. The third-order valence-electron chi connectivity index (χ3n) is 10.5. The fraction of sp³-hybridized carbons (Fsp3) is 0. The third kappa shape index (κ3) is 2.99. The molecule has 0 bridgehead atoms. The molecule has 11 rings (SSSR count). The van der Waals surface area contributed by atoms with Crippen LogP contribution in [-0.2, 0) is 0 Å². The van der Waals surface area contributed by atoms with E-state index in [9.17, 15) is 0 Å². The molecule has 210 valence electrons. The first kappa shape index (κ1) is 24.4. The van der Waals surface area contributed by atoms with Crippen LogP contribution in [0.15, 0.2) is 158 Å². The standard InChI is InChI=1S/C46H26/c1-3-13-27(14-4-1)40-39-26-37-32-20-10-9-19-31(32)34-22-12-23-35(42(34)37)44(39)41(28-15-5-2-6-16-28)46-38-25-29-17-7-8-18-30(29)33-21-11-24-36(43(33)38)45(40)46/h1-26H. The Labute approximate surface area is 265 Å². The summed E-state index contributed by atoms with van der Waals surface area (Å²) in [6, 6.07) is 58.8. The summed E-state index contributed by atoms with van der Waals surface area (Å²) in [5.41, 5.74) is 5.17. The first-order valence-corrected chi connectivity index (χ1v) is 16.1. The summed E-state index contributed by atoms with van der Waals surface area (Å²) < 4.78 is 0. The second-order valence-corrected chi connectivity index (χ2v) is 12.7. The van der Waals surface area contributed by atoms with Crippen LogP contribution in [0.4, 0.5) is 0 Å². The van der Waals surface area contributed by atoms with Crippen molar-refractivity contribution < 1.29 is 0 Å². The van der Waals surface area contributed by atoms with E-state index in [2.05, 4.69) is 158 Å². The molecule has 0 aliphatic heterocycles. The van der Waals surface area contributed by atoms with Crippen molar-refractivity contribution in [3.05, 3.63) is 158 Å². The predicted octanol–water partition coefficient (Wildman–Crippen LogP) is 13.1. The van der Waals surface area contributed by atoms with Crippen molar-refractivity contribution in [1.29, 1.82) is 0 Å². The van der Waals surface area contributed by atoms with Gasteiger partial charge in [-0.05, 0) is 121 Å². The Balaban J connectivity index is 1.54. The molecule has 0 spiro atoms. The van der Waals surface area contributed by atoms with Gasteiger partial charge in [0.2, 0.25) is 0 Å². The minimum absolute atomic E-state index is 1.26. The first-order chi connectivity index (χ1) is 22.9. The van der Waals surface area contributed by atoms with Crippen LogP contribution in [-0.4, -0.2) is 0 Å². The van der Waals surface area contributed by atoms with Crippen molar-refractivity contribution in [2.24, 2.45) is 0 Å². The van der Waals surface area contributed by atoms with Crippen LogP contribution in [0.3, 0.4) is 0 Å². The quantitative estimate of drug-likeness (QED) is 0.179. The molecular weight excluding hydrogens is 553 g/mol.